The van der Waals surface area contributed by atoms with E-state index in [1.54, 1.807) is 6.07 Å². The first kappa shape index (κ1) is 13.7. The van der Waals surface area contributed by atoms with Gasteiger partial charge >= 0.3 is 5.97 Å². The average Bonchev–Trinajstić information content (AvgIpc) is 2.21. The van der Waals surface area contributed by atoms with E-state index in [1.807, 2.05) is 6.92 Å². The standard InChI is InChI=1S/C12H19NO2/c1-3-4-5-6-8-11(2)15-12(14)9-7-10-13/h7,9,11H,3-6,8H2,1-2H3. The summed E-state index contributed by atoms with van der Waals surface area (Å²) in [7, 11) is 0. The lowest BCUT2D eigenvalue weighted by atomic mass is 10.1. The molecule has 3 heteroatoms. The Labute approximate surface area is 91.7 Å². The topological polar surface area (TPSA) is 50.1 Å². The number of ether oxygens (including phenoxy) is 1. The van der Waals surface area contributed by atoms with Crippen LogP contribution in [0.1, 0.15) is 46.0 Å². The molecule has 3 nitrogen and oxygen atoms in total. The number of nitrogens with zero attached hydrogens (tertiary/aromatic N) is 1. The van der Waals surface area contributed by atoms with Gasteiger partial charge in [-0.2, -0.15) is 5.26 Å². The summed E-state index contributed by atoms with van der Waals surface area (Å²) in [5.74, 6) is -0.431. The molecule has 0 aliphatic rings. The monoisotopic (exact) mass is 209 g/mol. The smallest absolute Gasteiger partial charge is 0.331 e. The fraction of sp³-hybridized carbons (Fsp3) is 0.667. The maximum atomic E-state index is 11.0. The molecular weight excluding hydrogens is 190 g/mol. The van der Waals surface area contributed by atoms with Crippen LogP contribution in [-0.2, 0) is 9.53 Å². The Kier molecular flexibility index (Phi) is 8.46. The zero-order valence-corrected chi connectivity index (χ0v) is 9.53. The van der Waals surface area contributed by atoms with E-state index in [9.17, 15) is 4.79 Å². The molecule has 0 aromatic rings. The highest BCUT2D eigenvalue weighted by atomic mass is 16.5. The summed E-state index contributed by atoms with van der Waals surface area (Å²) < 4.78 is 5.06. The van der Waals surface area contributed by atoms with Gasteiger partial charge in [-0.05, 0) is 19.8 Å². The molecule has 0 rings (SSSR count). The van der Waals surface area contributed by atoms with Crippen molar-refractivity contribution in [2.75, 3.05) is 0 Å². The van der Waals surface area contributed by atoms with Crippen molar-refractivity contribution in [1.29, 1.82) is 5.26 Å². The lowest BCUT2D eigenvalue weighted by Crippen LogP contribution is -2.12. The predicted octanol–water partition coefficient (Wildman–Crippen LogP) is 2.97. The third-order valence-corrected chi connectivity index (χ3v) is 2.08. The van der Waals surface area contributed by atoms with Crippen LogP contribution < -0.4 is 0 Å². The van der Waals surface area contributed by atoms with Crippen molar-refractivity contribution >= 4 is 5.97 Å². The second kappa shape index (κ2) is 9.26. The summed E-state index contributed by atoms with van der Waals surface area (Å²) in [6.07, 6.45) is 7.84. The molecule has 0 saturated carbocycles. The van der Waals surface area contributed by atoms with Crippen LogP contribution in [0.25, 0.3) is 0 Å². The molecule has 0 amide bonds. The Balaban J connectivity index is 3.56. The van der Waals surface area contributed by atoms with Gasteiger partial charge in [0.05, 0.1) is 12.2 Å². The van der Waals surface area contributed by atoms with Crippen molar-refractivity contribution in [3.8, 4) is 6.07 Å². The maximum Gasteiger partial charge on any atom is 0.331 e. The summed E-state index contributed by atoms with van der Waals surface area (Å²) in [5, 5.41) is 8.21. The summed E-state index contributed by atoms with van der Waals surface area (Å²) in [6.45, 7) is 4.04. The number of hydrogen-bond acceptors (Lipinski definition) is 3. The highest BCUT2D eigenvalue weighted by Gasteiger charge is 2.05. The summed E-state index contributed by atoms with van der Waals surface area (Å²) in [4.78, 5) is 11.0. The summed E-state index contributed by atoms with van der Waals surface area (Å²) >= 11 is 0. The Morgan fingerprint density at radius 2 is 2.20 bits per heavy atom. The zero-order chi connectivity index (χ0) is 11.5. The normalized spacial score (nSPS) is 12.3. The molecule has 0 spiro atoms. The maximum absolute atomic E-state index is 11.0. The quantitative estimate of drug-likeness (QED) is 0.280. The molecule has 0 heterocycles. The molecule has 0 aliphatic carbocycles. The summed E-state index contributed by atoms with van der Waals surface area (Å²) in [5.41, 5.74) is 0. The van der Waals surface area contributed by atoms with Crippen LogP contribution in [0.4, 0.5) is 0 Å². The molecule has 0 aromatic heterocycles. The van der Waals surface area contributed by atoms with Gasteiger partial charge in [0.2, 0.25) is 0 Å². The second-order valence-corrected chi connectivity index (χ2v) is 3.56. The number of nitriles is 1. The fourth-order valence-corrected chi connectivity index (χ4v) is 1.26. The van der Waals surface area contributed by atoms with Gasteiger partial charge in [-0.25, -0.2) is 4.79 Å². The molecule has 0 aliphatic heterocycles. The molecule has 0 bridgehead atoms. The minimum Gasteiger partial charge on any atom is -0.459 e. The average molecular weight is 209 g/mol. The van der Waals surface area contributed by atoms with E-state index in [2.05, 4.69) is 6.92 Å². The molecule has 0 fully saturated rings. The Morgan fingerprint density at radius 1 is 1.47 bits per heavy atom. The largest absolute Gasteiger partial charge is 0.459 e. The number of esters is 1. The molecule has 1 atom stereocenters. The van der Waals surface area contributed by atoms with Crippen LogP contribution in [0, 0.1) is 11.3 Å². The first-order valence-corrected chi connectivity index (χ1v) is 5.47. The summed E-state index contributed by atoms with van der Waals surface area (Å²) in [6, 6.07) is 1.75. The number of unbranched alkanes of at least 4 members (excludes halogenated alkanes) is 3. The Bertz CT molecular complexity index is 240. The molecule has 0 radical (unpaired) electrons. The van der Waals surface area contributed by atoms with Gasteiger partial charge in [0.25, 0.3) is 0 Å². The zero-order valence-electron chi connectivity index (χ0n) is 9.53. The van der Waals surface area contributed by atoms with Crippen molar-refractivity contribution < 1.29 is 9.53 Å². The van der Waals surface area contributed by atoms with Crippen LogP contribution in [-0.4, -0.2) is 12.1 Å². The van der Waals surface area contributed by atoms with Crippen LogP contribution in [0.2, 0.25) is 0 Å². The number of rotatable bonds is 7. The van der Waals surface area contributed by atoms with Crippen LogP contribution in [0.15, 0.2) is 12.2 Å². The number of allylic oxidation sites excluding steroid dienone is 1. The van der Waals surface area contributed by atoms with Gasteiger partial charge in [0.15, 0.2) is 0 Å². The van der Waals surface area contributed by atoms with Crippen LogP contribution in [0.5, 0.6) is 0 Å². The predicted molar refractivity (Wildman–Crippen MR) is 59.1 cm³/mol. The van der Waals surface area contributed by atoms with Gasteiger partial charge in [-0.15, -0.1) is 0 Å². The molecular formula is C12H19NO2. The fourth-order valence-electron chi connectivity index (χ4n) is 1.26. The lowest BCUT2D eigenvalue weighted by Gasteiger charge is -2.10. The Hall–Kier alpha value is -1.30. The Morgan fingerprint density at radius 3 is 2.80 bits per heavy atom. The number of carbonyl (C=O) groups excluding carboxylic acids is 1. The number of hydrogen-bond donors (Lipinski definition) is 0. The van der Waals surface area contributed by atoms with Crippen LogP contribution in [0.3, 0.4) is 0 Å². The van der Waals surface area contributed by atoms with E-state index in [0.717, 1.165) is 25.0 Å². The minimum absolute atomic E-state index is 0.0577. The van der Waals surface area contributed by atoms with Gasteiger partial charge in [-0.1, -0.05) is 26.2 Å². The third-order valence-electron chi connectivity index (χ3n) is 2.08. The molecule has 0 saturated heterocycles. The van der Waals surface area contributed by atoms with Crippen molar-refractivity contribution in [2.45, 2.75) is 52.1 Å². The van der Waals surface area contributed by atoms with Crippen molar-refractivity contribution in [2.24, 2.45) is 0 Å². The first-order chi connectivity index (χ1) is 7.20. The molecule has 0 aromatic carbocycles. The first-order valence-electron chi connectivity index (χ1n) is 5.47. The van der Waals surface area contributed by atoms with E-state index >= 15 is 0 Å². The van der Waals surface area contributed by atoms with E-state index in [-0.39, 0.29) is 6.10 Å². The van der Waals surface area contributed by atoms with Crippen molar-refractivity contribution in [1.82, 2.24) is 0 Å². The molecule has 84 valence electrons. The molecule has 0 N–H and O–H groups in total. The van der Waals surface area contributed by atoms with E-state index in [1.165, 1.54) is 19.3 Å². The SMILES string of the molecule is CCCCCCC(C)OC(=O)C=CC#N. The second-order valence-electron chi connectivity index (χ2n) is 3.56. The lowest BCUT2D eigenvalue weighted by molar-refractivity contribution is -0.142. The van der Waals surface area contributed by atoms with Crippen LogP contribution >= 0.6 is 0 Å². The third kappa shape index (κ3) is 9.01. The highest BCUT2D eigenvalue weighted by Crippen LogP contribution is 2.08. The molecule has 1 unspecified atom stereocenters. The van der Waals surface area contributed by atoms with Gasteiger partial charge in [0.1, 0.15) is 0 Å². The van der Waals surface area contributed by atoms with Crippen molar-refractivity contribution in [3.05, 3.63) is 12.2 Å². The van der Waals surface area contributed by atoms with Gasteiger partial charge in [-0.3, -0.25) is 0 Å². The molecule has 15 heavy (non-hydrogen) atoms. The van der Waals surface area contributed by atoms with Gasteiger partial charge in [0, 0.05) is 12.2 Å². The van der Waals surface area contributed by atoms with Crippen molar-refractivity contribution in [3.63, 3.8) is 0 Å². The number of carbonyl (C=O) groups is 1. The van der Waals surface area contributed by atoms with E-state index in [0.29, 0.717) is 0 Å². The van der Waals surface area contributed by atoms with Gasteiger partial charge < -0.3 is 4.74 Å². The highest BCUT2D eigenvalue weighted by molar-refractivity contribution is 5.82. The van der Waals surface area contributed by atoms with E-state index < -0.39 is 5.97 Å². The van der Waals surface area contributed by atoms with E-state index in [4.69, 9.17) is 10.00 Å². The minimum atomic E-state index is -0.431.